The molecule has 9 nitrogen and oxygen atoms in total. The van der Waals surface area contributed by atoms with Gasteiger partial charge in [-0.3, -0.25) is 9.52 Å². The van der Waals surface area contributed by atoms with Crippen LogP contribution in [0.5, 0.6) is 0 Å². The SMILES string of the molecule is CCOC(=O)C1CCCN(c2ncc(NS(=O)(=O)c3cc(F)ccc3C)cc2C(=O)O)C1. The van der Waals surface area contributed by atoms with E-state index >= 15 is 0 Å². The summed E-state index contributed by atoms with van der Waals surface area (Å²) < 4.78 is 46.3. The fraction of sp³-hybridized carbons (Fsp3) is 0.381. The first kappa shape index (κ1) is 23.5. The number of carboxylic acid groups (broad SMARTS) is 1. The van der Waals surface area contributed by atoms with Crippen LogP contribution in [0.3, 0.4) is 0 Å². The quantitative estimate of drug-likeness (QED) is 0.598. The van der Waals surface area contributed by atoms with Gasteiger partial charge >= 0.3 is 11.9 Å². The fourth-order valence-corrected chi connectivity index (χ4v) is 4.91. The lowest BCUT2D eigenvalue weighted by Crippen LogP contribution is -2.40. The summed E-state index contributed by atoms with van der Waals surface area (Å²) in [5, 5.41) is 9.69. The molecular weight excluding hydrogens is 441 g/mol. The van der Waals surface area contributed by atoms with Gasteiger partial charge in [0.25, 0.3) is 10.0 Å². The van der Waals surface area contributed by atoms with Gasteiger partial charge in [0.2, 0.25) is 0 Å². The van der Waals surface area contributed by atoms with Crippen molar-refractivity contribution in [2.75, 3.05) is 29.3 Å². The minimum atomic E-state index is -4.17. The number of benzene rings is 1. The number of carbonyl (C=O) groups is 2. The molecule has 0 saturated carbocycles. The van der Waals surface area contributed by atoms with Crippen molar-refractivity contribution in [3.05, 3.63) is 47.4 Å². The molecule has 172 valence electrons. The highest BCUT2D eigenvalue weighted by Gasteiger charge is 2.30. The zero-order chi connectivity index (χ0) is 23.5. The molecular formula is C21H24FN3O6S. The Hall–Kier alpha value is -3.21. The lowest BCUT2D eigenvalue weighted by atomic mass is 9.98. The van der Waals surface area contributed by atoms with Crippen molar-refractivity contribution in [3.63, 3.8) is 0 Å². The van der Waals surface area contributed by atoms with Crippen molar-refractivity contribution in [1.29, 1.82) is 0 Å². The van der Waals surface area contributed by atoms with E-state index in [1.807, 2.05) is 0 Å². The molecule has 1 aromatic carbocycles. The number of hydrogen-bond donors (Lipinski definition) is 2. The van der Waals surface area contributed by atoms with Crippen molar-refractivity contribution in [2.45, 2.75) is 31.6 Å². The van der Waals surface area contributed by atoms with Crippen LogP contribution < -0.4 is 9.62 Å². The molecule has 2 aromatic rings. The number of carbonyl (C=O) groups excluding carboxylic acids is 1. The molecule has 0 amide bonds. The number of nitrogens with one attached hydrogen (secondary N) is 1. The average molecular weight is 466 g/mol. The Bertz CT molecular complexity index is 1140. The topological polar surface area (TPSA) is 126 Å². The smallest absolute Gasteiger partial charge is 0.339 e. The zero-order valence-corrected chi connectivity index (χ0v) is 18.5. The maximum Gasteiger partial charge on any atom is 0.339 e. The number of esters is 1. The number of anilines is 2. The number of rotatable bonds is 7. The van der Waals surface area contributed by atoms with Crippen molar-refractivity contribution >= 4 is 33.5 Å². The lowest BCUT2D eigenvalue weighted by Gasteiger charge is -2.33. The number of aromatic carboxylic acids is 1. The monoisotopic (exact) mass is 465 g/mol. The third kappa shape index (κ3) is 5.16. The van der Waals surface area contributed by atoms with Gasteiger partial charge in [-0.05, 0) is 50.5 Å². The third-order valence-corrected chi connectivity index (χ3v) is 6.65. The number of nitrogens with zero attached hydrogens (tertiary/aromatic N) is 2. The standard InChI is InChI=1S/C21H24FN3O6S/c1-3-31-21(28)14-5-4-8-25(12-14)19-17(20(26)27)10-16(11-23-19)24-32(29,30)18-9-15(22)7-6-13(18)2/h6-7,9-11,14,24H,3-5,8,12H2,1-2H3,(H,26,27). The van der Waals surface area contributed by atoms with E-state index in [2.05, 4.69) is 9.71 Å². The van der Waals surface area contributed by atoms with Crippen LogP contribution in [0.1, 0.15) is 35.7 Å². The summed E-state index contributed by atoms with van der Waals surface area (Å²) in [5.74, 6) is -2.62. The van der Waals surface area contributed by atoms with Crippen LogP contribution in [0, 0.1) is 18.7 Å². The normalized spacial score (nSPS) is 16.5. The highest BCUT2D eigenvalue weighted by Crippen LogP contribution is 2.28. The predicted molar refractivity (Wildman–Crippen MR) is 115 cm³/mol. The van der Waals surface area contributed by atoms with E-state index in [4.69, 9.17) is 4.74 Å². The zero-order valence-electron chi connectivity index (χ0n) is 17.7. The molecule has 1 aromatic heterocycles. The third-order valence-electron chi connectivity index (χ3n) is 5.13. The van der Waals surface area contributed by atoms with Crippen LogP contribution >= 0.6 is 0 Å². The van der Waals surface area contributed by atoms with Crippen LogP contribution in [-0.2, 0) is 19.6 Å². The van der Waals surface area contributed by atoms with Gasteiger partial charge in [-0.1, -0.05) is 6.07 Å². The Balaban J connectivity index is 1.89. The largest absolute Gasteiger partial charge is 0.478 e. The first-order chi connectivity index (χ1) is 15.1. The molecule has 11 heteroatoms. The second-order valence-corrected chi connectivity index (χ2v) is 9.10. The number of hydrogen-bond acceptors (Lipinski definition) is 7. The number of aromatic nitrogens is 1. The molecule has 1 atom stereocenters. The minimum absolute atomic E-state index is 0.0752. The second kappa shape index (κ2) is 9.51. The van der Waals surface area contributed by atoms with E-state index < -0.39 is 27.7 Å². The van der Waals surface area contributed by atoms with Gasteiger partial charge in [0.05, 0.1) is 29.3 Å². The number of pyridine rings is 1. The summed E-state index contributed by atoms with van der Waals surface area (Å²) in [4.78, 5) is 29.6. The van der Waals surface area contributed by atoms with E-state index in [-0.39, 0.29) is 41.1 Å². The predicted octanol–water partition coefficient (Wildman–Crippen LogP) is 2.81. The Morgan fingerprint density at radius 2 is 2.09 bits per heavy atom. The molecule has 1 unspecified atom stereocenters. The van der Waals surface area contributed by atoms with E-state index in [1.54, 1.807) is 11.8 Å². The molecule has 0 spiro atoms. The fourth-order valence-electron chi connectivity index (χ4n) is 3.62. The van der Waals surface area contributed by atoms with Crippen molar-refractivity contribution in [3.8, 4) is 0 Å². The number of ether oxygens (including phenoxy) is 1. The number of aryl methyl sites for hydroxylation is 1. The maximum absolute atomic E-state index is 13.6. The molecule has 0 bridgehead atoms. The van der Waals surface area contributed by atoms with Crippen molar-refractivity contribution in [2.24, 2.45) is 5.92 Å². The van der Waals surface area contributed by atoms with E-state index in [0.29, 0.717) is 24.9 Å². The van der Waals surface area contributed by atoms with Gasteiger partial charge in [-0.25, -0.2) is 22.6 Å². The average Bonchev–Trinajstić information content (AvgIpc) is 2.75. The van der Waals surface area contributed by atoms with E-state index in [0.717, 1.165) is 18.2 Å². The van der Waals surface area contributed by atoms with Crippen LogP contribution in [0.2, 0.25) is 0 Å². The summed E-state index contributed by atoms with van der Waals surface area (Å²) in [6.07, 6.45) is 2.47. The number of carboxylic acids is 1. The van der Waals surface area contributed by atoms with Gasteiger partial charge in [-0.2, -0.15) is 0 Å². The van der Waals surface area contributed by atoms with Gasteiger partial charge in [0.15, 0.2) is 0 Å². The molecule has 2 heterocycles. The number of piperidine rings is 1. The van der Waals surface area contributed by atoms with Gasteiger partial charge in [0.1, 0.15) is 17.2 Å². The van der Waals surface area contributed by atoms with Crippen LogP contribution in [-0.4, -0.2) is 50.1 Å². The van der Waals surface area contributed by atoms with E-state index in [1.165, 1.54) is 19.2 Å². The van der Waals surface area contributed by atoms with Gasteiger partial charge in [-0.15, -0.1) is 0 Å². The Kier molecular flexibility index (Phi) is 6.97. The maximum atomic E-state index is 13.6. The van der Waals surface area contributed by atoms with Gasteiger partial charge < -0.3 is 14.7 Å². The Labute approximate surface area is 185 Å². The van der Waals surface area contributed by atoms with Crippen molar-refractivity contribution in [1.82, 2.24) is 4.98 Å². The molecule has 1 fully saturated rings. The minimum Gasteiger partial charge on any atom is -0.478 e. The lowest BCUT2D eigenvalue weighted by molar-refractivity contribution is -0.148. The summed E-state index contributed by atoms with van der Waals surface area (Å²) in [6, 6.07) is 4.53. The highest BCUT2D eigenvalue weighted by molar-refractivity contribution is 7.92. The van der Waals surface area contributed by atoms with Gasteiger partial charge in [0, 0.05) is 13.1 Å². The van der Waals surface area contributed by atoms with Crippen LogP contribution in [0.15, 0.2) is 35.4 Å². The molecule has 32 heavy (non-hydrogen) atoms. The molecule has 0 radical (unpaired) electrons. The molecule has 0 aliphatic carbocycles. The summed E-state index contributed by atoms with van der Waals surface area (Å²) in [7, 11) is -4.17. The highest BCUT2D eigenvalue weighted by atomic mass is 32.2. The molecule has 2 N–H and O–H groups in total. The van der Waals surface area contributed by atoms with Crippen LogP contribution in [0.4, 0.5) is 15.9 Å². The van der Waals surface area contributed by atoms with E-state index in [9.17, 15) is 27.5 Å². The summed E-state index contributed by atoms with van der Waals surface area (Å²) >= 11 is 0. The number of sulfonamides is 1. The Morgan fingerprint density at radius 3 is 2.78 bits per heavy atom. The molecule has 1 aliphatic heterocycles. The second-order valence-electron chi connectivity index (χ2n) is 7.45. The molecule has 1 saturated heterocycles. The van der Waals surface area contributed by atoms with Crippen LogP contribution in [0.25, 0.3) is 0 Å². The first-order valence-corrected chi connectivity index (χ1v) is 11.5. The summed E-state index contributed by atoms with van der Waals surface area (Å²) in [6.45, 7) is 4.24. The number of halogens is 1. The van der Waals surface area contributed by atoms with Crippen molar-refractivity contribution < 1.29 is 32.2 Å². The first-order valence-electron chi connectivity index (χ1n) is 10.1. The molecule has 3 rings (SSSR count). The molecule has 1 aliphatic rings. The summed E-state index contributed by atoms with van der Waals surface area (Å²) in [5.41, 5.74) is 0.0414. The Morgan fingerprint density at radius 1 is 1.34 bits per heavy atom.